The molecule has 0 unspecified atom stereocenters. The third-order valence-corrected chi connectivity index (χ3v) is 3.36. The minimum Gasteiger partial charge on any atom is -0.406 e. The van der Waals surface area contributed by atoms with E-state index in [-0.39, 0.29) is 18.9 Å². The van der Waals surface area contributed by atoms with Crippen LogP contribution < -0.4 is 4.74 Å². The topological polar surface area (TPSA) is 73.1 Å². The number of tetrazole rings is 1. The van der Waals surface area contributed by atoms with Crippen LogP contribution in [-0.2, 0) is 12.3 Å². The Kier molecular flexibility index (Phi) is 5.02. The number of alkyl halides is 3. The SMILES string of the molecule is OCCn1nnnc1SCc1ccc(OC(F)(F)F)cc1. The van der Waals surface area contributed by atoms with E-state index < -0.39 is 6.36 Å². The first-order valence-corrected chi connectivity index (χ1v) is 6.81. The summed E-state index contributed by atoms with van der Waals surface area (Å²) in [5.41, 5.74) is 0.799. The predicted molar refractivity (Wildman–Crippen MR) is 67.6 cm³/mol. The van der Waals surface area contributed by atoms with Gasteiger partial charge in [0.25, 0.3) is 0 Å². The van der Waals surface area contributed by atoms with Gasteiger partial charge in [0, 0.05) is 5.75 Å². The number of aliphatic hydroxyl groups is 1. The number of rotatable bonds is 6. The smallest absolute Gasteiger partial charge is 0.406 e. The Labute approximate surface area is 121 Å². The number of benzene rings is 1. The molecular formula is C11H11F3N4O2S. The van der Waals surface area contributed by atoms with Crippen LogP contribution in [0.25, 0.3) is 0 Å². The van der Waals surface area contributed by atoms with E-state index in [9.17, 15) is 13.2 Å². The highest BCUT2D eigenvalue weighted by atomic mass is 32.2. The van der Waals surface area contributed by atoms with Gasteiger partial charge in [-0.15, -0.1) is 18.3 Å². The molecule has 2 rings (SSSR count). The van der Waals surface area contributed by atoms with Crippen molar-refractivity contribution in [2.45, 2.75) is 23.8 Å². The number of thioether (sulfide) groups is 1. The molecule has 2 aromatic rings. The lowest BCUT2D eigenvalue weighted by atomic mass is 10.2. The van der Waals surface area contributed by atoms with Crippen LogP contribution in [0.15, 0.2) is 29.4 Å². The zero-order valence-electron chi connectivity index (χ0n) is 10.6. The molecule has 6 nitrogen and oxygen atoms in total. The van der Waals surface area contributed by atoms with E-state index in [0.717, 1.165) is 5.56 Å². The van der Waals surface area contributed by atoms with Gasteiger partial charge in [-0.2, -0.15) is 0 Å². The van der Waals surface area contributed by atoms with E-state index in [1.54, 1.807) is 0 Å². The van der Waals surface area contributed by atoms with Crippen LogP contribution >= 0.6 is 11.8 Å². The average molecular weight is 320 g/mol. The number of aliphatic hydroxyl groups excluding tert-OH is 1. The zero-order valence-corrected chi connectivity index (χ0v) is 11.4. The maximum absolute atomic E-state index is 12.0. The van der Waals surface area contributed by atoms with Gasteiger partial charge in [-0.3, -0.25) is 0 Å². The van der Waals surface area contributed by atoms with Gasteiger partial charge < -0.3 is 9.84 Å². The van der Waals surface area contributed by atoms with Gasteiger partial charge in [0.1, 0.15) is 5.75 Å². The second kappa shape index (κ2) is 6.76. The molecule has 0 aliphatic heterocycles. The van der Waals surface area contributed by atoms with Gasteiger partial charge in [0.05, 0.1) is 13.2 Å². The van der Waals surface area contributed by atoms with Crippen LogP contribution in [-0.4, -0.2) is 38.3 Å². The van der Waals surface area contributed by atoms with Crippen molar-refractivity contribution in [3.05, 3.63) is 29.8 Å². The lowest BCUT2D eigenvalue weighted by Crippen LogP contribution is -2.16. The third-order valence-electron chi connectivity index (χ3n) is 2.34. The number of nitrogens with zero attached hydrogens (tertiary/aromatic N) is 4. The van der Waals surface area contributed by atoms with Gasteiger partial charge in [-0.1, -0.05) is 23.9 Å². The lowest BCUT2D eigenvalue weighted by molar-refractivity contribution is -0.274. The fraction of sp³-hybridized carbons (Fsp3) is 0.364. The molecule has 0 radical (unpaired) electrons. The van der Waals surface area contributed by atoms with Crippen molar-refractivity contribution < 1.29 is 23.0 Å². The minimum atomic E-state index is -4.69. The van der Waals surface area contributed by atoms with Crippen molar-refractivity contribution in [2.75, 3.05) is 6.61 Å². The standard InChI is InChI=1S/C11H11F3N4O2S/c12-11(13,14)20-9-3-1-8(2-4-9)7-21-10-15-16-17-18(10)5-6-19/h1-4,19H,5-7H2. The Bertz CT molecular complexity index is 574. The molecule has 1 aromatic carbocycles. The average Bonchev–Trinajstić information content (AvgIpc) is 2.84. The minimum absolute atomic E-state index is 0.0813. The van der Waals surface area contributed by atoms with Crippen LogP contribution in [0.5, 0.6) is 5.75 Å². The molecule has 0 saturated heterocycles. The van der Waals surface area contributed by atoms with Gasteiger partial charge in [-0.05, 0) is 28.1 Å². The Morgan fingerprint density at radius 1 is 1.24 bits per heavy atom. The Hall–Kier alpha value is -1.81. The van der Waals surface area contributed by atoms with Gasteiger partial charge in [-0.25, -0.2) is 4.68 Å². The molecule has 0 bridgehead atoms. The first-order valence-electron chi connectivity index (χ1n) is 5.82. The van der Waals surface area contributed by atoms with Gasteiger partial charge >= 0.3 is 6.36 Å². The van der Waals surface area contributed by atoms with E-state index in [1.165, 1.54) is 40.7 Å². The number of halogens is 3. The molecule has 0 saturated carbocycles. The van der Waals surface area contributed by atoms with Crippen molar-refractivity contribution in [3.8, 4) is 5.75 Å². The molecular weight excluding hydrogens is 309 g/mol. The Morgan fingerprint density at radius 3 is 2.57 bits per heavy atom. The third kappa shape index (κ3) is 4.90. The van der Waals surface area contributed by atoms with Crippen molar-refractivity contribution in [3.63, 3.8) is 0 Å². The normalized spacial score (nSPS) is 11.6. The molecule has 0 spiro atoms. The Morgan fingerprint density at radius 2 is 1.95 bits per heavy atom. The number of aromatic nitrogens is 4. The number of ether oxygens (including phenoxy) is 1. The molecule has 0 aliphatic carbocycles. The zero-order chi connectivity index (χ0) is 15.3. The summed E-state index contributed by atoms with van der Waals surface area (Å²) < 4.78 is 41.3. The summed E-state index contributed by atoms with van der Waals surface area (Å²) in [6.45, 7) is 0.204. The number of hydrogen-bond donors (Lipinski definition) is 1. The molecule has 1 aromatic heterocycles. The van der Waals surface area contributed by atoms with Crippen LogP contribution in [0.1, 0.15) is 5.56 Å². The van der Waals surface area contributed by atoms with E-state index in [1.807, 2.05) is 0 Å². The summed E-state index contributed by atoms with van der Waals surface area (Å²) in [5.74, 6) is 0.222. The summed E-state index contributed by atoms with van der Waals surface area (Å²) in [7, 11) is 0. The molecule has 10 heteroatoms. The highest BCUT2D eigenvalue weighted by Gasteiger charge is 2.30. The molecule has 1 heterocycles. The molecule has 0 aliphatic rings. The van der Waals surface area contributed by atoms with Crippen molar-refractivity contribution >= 4 is 11.8 Å². The van der Waals surface area contributed by atoms with Crippen molar-refractivity contribution in [1.82, 2.24) is 20.2 Å². The highest BCUT2D eigenvalue weighted by molar-refractivity contribution is 7.98. The summed E-state index contributed by atoms with van der Waals surface area (Å²) in [5, 5.41) is 20.4. The monoisotopic (exact) mass is 320 g/mol. The maximum atomic E-state index is 12.0. The first kappa shape index (κ1) is 15.6. The van der Waals surface area contributed by atoms with Crippen molar-refractivity contribution in [1.29, 1.82) is 0 Å². The van der Waals surface area contributed by atoms with Crippen molar-refractivity contribution in [2.24, 2.45) is 0 Å². The fourth-order valence-corrected chi connectivity index (χ4v) is 2.33. The summed E-state index contributed by atoms with van der Waals surface area (Å²) in [6.07, 6.45) is -4.69. The van der Waals surface area contributed by atoms with Crippen LogP contribution in [0, 0.1) is 0 Å². The summed E-state index contributed by atoms with van der Waals surface area (Å²) in [4.78, 5) is 0. The Balaban J connectivity index is 1.93. The molecule has 0 atom stereocenters. The maximum Gasteiger partial charge on any atom is 0.573 e. The summed E-state index contributed by atoms with van der Waals surface area (Å²) in [6, 6.07) is 5.57. The molecule has 1 N–H and O–H groups in total. The second-order valence-electron chi connectivity index (χ2n) is 3.89. The summed E-state index contributed by atoms with van der Waals surface area (Å²) >= 11 is 1.32. The first-order chi connectivity index (χ1) is 9.98. The second-order valence-corrected chi connectivity index (χ2v) is 4.83. The molecule has 114 valence electrons. The van der Waals surface area contributed by atoms with E-state index >= 15 is 0 Å². The van der Waals surface area contributed by atoms with E-state index in [4.69, 9.17) is 5.11 Å². The highest BCUT2D eigenvalue weighted by Crippen LogP contribution is 2.25. The molecule has 21 heavy (non-hydrogen) atoms. The molecule has 0 fully saturated rings. The number of hydrogen-bond acceptors (Lipinski definition) is 6. The quantitative estimate of drug-likeness (QED) is 0.819. The van der Waals surface area contributed by atoms with Crippen LogP contribution in [0.2, 0.25) is 0 Å². The van der Waals surface area contributed by atoms with Gasteiger partial charge in [0.15, 0.2) is 0 Å². The van der Waals surface area contributed by atoms with Crippen LogP contribution in [0.3, 0.4) is 0 Å². The van der Waals surface area contributed by atoms with E-state index in [0.29, 0.717) is 10.9 Å². The van der Waals surface area contributed by atoms with Gasteiger partial charge in [0.2, 0.25) is 5.16 Å². The van der Waals surface area contributed by atoms with E-state index in [2.05, 4.69) is 20.3 Å². The largest absolute Gasteiger partial charge is 0.573 e. The fourth-order valence-electron chi connectivity index (χ4n) is 1.47. The molecule has 0 amide bonds. The van der Waals surface area contributed by atoms with Crippen LogP contribution in [0.4, 0.5) is 13.2 Å². The lowest BCUT2D eigenvalue weighted by Gasteiger charge is -2.09. The predicted octanol–water partition coefficient (Wildman–Crippen LogP) is 1.86.